The maximum absolute atomic E-state index is 3.20. The molecule has 0 aromatic heterocycles. The van der Waals surface area contributed by atoms with Crippen LogP contribution in [0, 0.1) is 6.08 Å². The first-order chi connectivity index (χ1) is 4.50. The van der Waals surface area contributed by atoms with E-state index >= 15 is 0 Å². The highest BCUT2D eigenvalue weighted by Crippen LogP contribution is 1.97. The van der Waals surface area contributed by atoms with E-state index in [2.05, 4.69) is 36.5 Å². The summed E-state index contributed by atoms with van der Waals surface area (Å²) in [4.78, 5) is 0. The second-order valence-electron chi connectivity index (χ2n) is 2.04. The van der Waals surface area contributed by atoms with Crippen LogP contribution in [0.1, 0.15) is 19.3 Å². The fraction of sp³-hybridized carbons (Fsp3) is 0.333. The van der Waals surface area contributed by atoms with Gasteiger partial charge in [0.2, 0.25) is 0 Å². The van der Waals surface area contributed by atoms with Gasteiger partial charge in [-0.25, -0.2) is 0 Å². The van der Waals surface area contributed by atoms with E-state index in [4.69, 9.17) is 0 Å². The quantitative estimate of drug-likeness (QED) is 0.460. The fourth-order valence-corrected chi connectivity index (χ4v) is 0.752. The van der Waals surface area contributed by atoms with Crippen molar-refractivity contribution >= 4 is 0 Å². The van der Waals surface area contributed by atoms with Crippen LogP contribution in [-0.4, -0.2) is 0 Å². The molecule has 0 unspecified atom stereocenters. The van der Waals surface area contributed by atoms with Gasteiger partial charge in [-0.2, -0.15) is 0 Å². The summed E-state index contributed by atoms with van der Waals surface area (Å²) in [6, 6.07) is 0. The van der Waals surface area contributed by atoms with E-state index in [9.17, 15) is 0 Å². The van der Waals surface area contributed by atoms with Gasteiger partial charge in [0.05, 0.1) is 0 Å². The van der Waals surface area contributed by atoms with Crippen LogP contribution in [0.5, 0.6) is 0 Å². The van der Waals surface area contributed by atoms with Crippen LogP contribution in [0.4, 0.5) is 0 Å². The van der Waals surface area contributed by atoms with Crippen LogP contribution in [0.15, 0.2) is 30.4 Å². The van der Waals surface area contributed by atoms with E-state index in [-0.39, 0.29) is 0 Å². The normalized spacial score (nSPS) is 29.3. The molecule has 0 saturated heterocycles. The Morgan fingerprint density at radius 1 is 1.11 bits per heavy atom. The Labute approximate surface area is 56.6 Å². The maximum Gasteiger partial charge on any atom is -0.0160 e. The number of allylic oxidation sites excluding steroid dienone is 6. The van der Waals surface area contributed by atoms with E-state index in [1.165, 1.54) is 0 Å². The highest BCUT2D eigenvalue weighted by atomic mass is 13.8. The van der Waals surface area contributed by atoms with Gasteiger partial charge in [-0.3, -0.25) is 0 Å². The summed E-state index contributed by atoms with van der Waals surface area (Å²) in [6.45, 7) is 0. The molecule has 47 valence electrons. The van der Waals surface area contributed by atoms with Gasteiger partial charge in [0.15, 0.2) is 0 Å². The van der Waals surface area contributed by atoms with Crippen molar-refractivity contribution in [3.8, 4) is 0 Å². The van der Waals surface area contributed by atoms with Crippen molar-refractivity contribution in [3.63, 3.8) is 0 Å². The molecule has 1 radical (unpaired) electrons. The van der Waals surface area contributed by atoms with Crippen LogP contribution in [0.25, 0.3) is 0 Å². The largest absolute Gasteiger partial charge is 0.0842 e. The summed E-state index contributed by atoms with van der Waals surface area (Å²) in [6.07, 6.45) is 17.0. The molecule has 0 spiro atoms. The van der Waals surface area contributed by atoms with Crippen LogP contribution in [0.3, 0.4) is 0 Å². The molecule has 0 aliphatic heterocycles. The van der Waals surface area contributed by atoms with Crippen molar-refractivity contribution in [2.24, 2.45) is 0 Å². The lowest BCUT2D eigenvalue weighted by atomic mass is 10.3. The van der Waals surface area contributed by atoms with Crippen molar-refractivity contribution in [2.75, 3.05) is 0 Å². The molecule has 0 fully saturated rings. The predicted molar refractivity (Wildman–Crippen MR) is 39.9 cm³/mol. The van der Waals surface area contributed by atoms with Crippen molar-refractivity contribution in [3.05, 3.63) is 36.5 Å². The van der Waals surface area contributed by atoms with Gasteiger partial charge in [0.25, 0.3) is 0 Å². The third-order valence-corrected chi connectivity index (χ3v) is 1.24. The highest BCUT2D eigenvalue weighted by Gasteiger charge is 1.78. The van der Waals surface area contributed by atoms with Gasteiger partial charge in [-0.05, 0) is 25.3 Å². The molecule has 9 heavy (non-hydrogen) atoms. The van der Waals surface area contributed by atoms with Crippen LogP contribution < -0.4 is 0 Å². The smallest absolute Gasteiger partial charge is 0.0160 e. The second kappa shape index (κ2) is 4.13. The lowest BCUT2D eigenvalue weighted by molar-refractivity contribution is 1.02. The summed E-state index contributed by atoms with van der Waals surface area (Å²) in [5.74, 6) is 0. The Bertz CT molecular complexity index is 138. The fourth-order valence-electron chi connectivity index (χ4n) is 0.752. The number of rotatable bonds is 0. The zero-order chi connectivity index (χ0) is 6.36. The minimum Gasteiger partial charge on any atom is -0.0842 e. The lowest BCUT2D eigenvalue weighted by Crippen LogP contribution is -1.62. The molecule has 0 N–H and O–H groups in total. The monoisotopic (exact) mass is 119 g/mol. The standard InChI is InChI=1S/C9H11/c1-2-4-6-8-9-7-5-3-1/h1-4,7H,5-6,8H2/b3-1-,4-2+,9-7?. The molecule has 0 atom stereocenters. The zero-order valence-electron chi connectivity index (χ0n) is 5.51. The zero-order valence-corrected chi connectivity index (χ0v) is 5.51. The van der Waals surface area contributed by atoms with Gasteiger partial charge in [-0.15, -0.1) is 0 Å². The Kier molecular flexibility index (Phi) is 2.91. The van der Waals surface area contributed by atoms with Gasteiger partial charge >= 0.3 is 0 Å². The summed E-state index contributed by atoms with van der Waals surface area (Å²) in [5, 5.41) is 0. The molecule has 0 amide bonds. The van der Waals surface area contributed by atoms with Gasteiger partial charge in [0.1, 0.15) is 0 Å². The van der Waals surface area contributed by atoms with Gasteiger partial charge < -0.3 is 0 Å². The number of hydrogen-bond donors (Lipinski definition) is 0. The first-order valence-electron chi connectivity index (χ1n) is 3.37. The average Bonchev–Trinajstić information content (AvgIpc) is 2.00. The van der Waals surface area contributed by atoms with E-state index in [0.29, 0.717) is 0 Å². The Hall–Kier alpha value is -0.780. The average molecular weight is 119 g/mol. The summed E-state index contributed by atoms with van der Waals surface area (Å²) < 4.78 is 0. The molecule has 1 aliphatic rings. The summed E-state index contributed by atoms with van der Waals surface area (Å²) in [7, 11) is 0. The van der Waals surface area contributed by atoms with Crippen molar-refractivity contribution in [1.29, 1.82) is 0 Å². The van der Waals surface area contributed by atoms with Crippen LogP contribution in [-0.2, 0) is 0 Å². The Morgan fingerprint density at radius 2 is 2.00 bits per heavy atom. The van der Waals surface area contributed by atoms with E-state index in [1.807, 2.05) is 0 Å². The third kappa shape index (κ3) is 2.91. The van der Waals surface area contributed by atoms with Crippen molar-refractivity contribution < 1.29 is 0 Å². The molecule has 1 rings (SSSR count). The Morgan fingerprint density at radius 3 is 3.00 bits per heavy atom. The summed E-state index contributed by atoms with van der Waals surface area (Å²) in [5.41, 5.74) is 0. The topological polar surface area (TPSA) is 0 Å². The van der Waals surface area contributed by atoms with E-state index in [1.54, 1.807) is 0 Å². The first kappa shape index (κ1) is 6.34. The number of hydrogen-bond acceptors (Lipinski definition) is 0. The van der Waals surface area contributed by atoms with E-state index < -0.39 is 0 Å². The minimum atomic E-state index is 1.03. The van der Waals surface area contributed by atoms with Crippen molar-refractivity contribution in [1.82, 2.24) is 0 Å². The molecule has 0 bridgehead atoms. The molecule has 0 aromatic carbocycles. The highest BCUT2D eigenvalue weighted by molar-refractivity contribution is 5.05. The van der Waals surface area contributed by atoms with Gasteiger partial charge in [0, 0.05) is 0 Å². The maximum atomic E-state index is 3.20. The van der Waals surface area contributed by atoms with Crippen LogP contribution in [0.2, 0.25) is 0 Å². The minimum absolute atomic E-state index is 1.03. The molecule has 0 heteroatoms. The molecule has 0 saturated carbocycles. The SMILES string of the molecule is [C]1=C/C/C=C\C=C\CC/1. The Balaban J connectivity index is 2.43. The second-order valence-corrected chi connectivity index (χ2v) is 2.04. The molecule has 0 nitrogen and oxygen atoms in total. The van der Waals surface area contributed by atoms with Gasteiger partial charge in [-0.1, -0.05) is 30.4 Å². The van der Waals surface area contributed by atoms with Crippen LogP contribution >= 0.6 is 0 Å². The third-order valence-electron chi connectivity index (χ3n) is 1.24. The first-order valence-corrected chi connectivity index (χ1v) is 3.37. The van der Waals surface area contributed by atoms with E-state index in [0.717, 1.165) is 19.3 Å². The molecular weight excluding hydrogens is 108 g/mol. The predicted octanol–water partition coefficient (Wildman–Crippen LogP) is 2.64. The molecular formula is C9H11. The molecule has 0 aromatic rings. The summed E-state index contributed by atoms with van der Waals surface area (Å²) >= 11 is 0. The molecule has 0 heterocycles. The molecule has 1 aliphatic carbocycles. The van der Waals surface area contributed by atoms with Crippen molar-refractivity contribution in [2.45, 2.75) is 19.3 Å². The lowest BCUT2D eigenvalue weighted by Gasteiger charge is -1.80.